The van der Waals surface area contributed by atoms with Crippen LogP contribution in [0.15, 0.2) is 194 Å². The van der Waals surface area contributed by atoms with Crippen LogP contribution < -0.4 is 0 Å². The van der Waals surface area contributed by atoms with Crippen LogP contribution in [0.1, 0.15) is 24.8 Å². The summed E-state index contributed by atoms with van der Waals surface area (Å²) in [6, 6.07) is 67.8. The van der Waals surface area contributed by atoms with Crippen molar-refractivity contribution in [2.24, 2.45) is 17.8 Å². The monoisotopic (exact) mass is 783 g/mol. The zero-order valence-electron chi connectivity index (χ0n) is 33.6. The van der Waals surface area contributed by atoms with Gasteiger partial charge in [-0.25, -0.2) is 24.9 Å². The second-order valence-corrected chi connectivity index (χ2v) is 17.0. The molecule has 5 nitrogen and oxygen atoms in total. The van der Waals surface area contributed by atoms with E-state index >= 15 is 0 Å². The van der Waals surface area contributed by atoms with Crippen LogP contribution in [0.25, 0.3) is 90.3 Å². The third kappa shape index (κ3) is 6.27. The van der Waals surface area contributed by atoms with Crippen LogP contribution in [0.3, 0.4) is 0 Å². The number of rotatable bonds is 9. The molecule has 12 rings (SSSR count). The predicted molar refractivity (Wildman–Crippen MR) is 245 cm³/mol. The molecular formula is C56H41N5. The minimum absolute atomic E-state index is 0.399. The van der Waals surface area contributed by atoms with Gasteiger partial charge in [-0.1, -0.05) is 176 Å². The fourth-order valence-corrected chi connectivity index (χ4v) is 10.5. The van der Waals surface area contributed by atoms with Crippen LogP contribution in [0.5, 0.6) is 0 Å². The second-order valence-electron chi connectivity index (χ2n) is 17.0. The molecule has 61 heavy (non-hydrogen) atoms. The third-order valence-corrected chi connectivity index (χ3v) is 13.6. The Kier molecular flexibility index (Phi) is 8.41. The molecule has 2 heterocycles. The maximum atomic E-state index is 5.27. The zero-order valence-corrected chi connectivity index (χ0v) is 33.6. The van der Waals surface area contributed by atoms with Gasteiger partial charge in [0, 0.05) is 33.4 Å². The Morgan fingerprint density at radius 1 is 0.311 bits per heavy atom. The Hall–Kier alpha value is -7.37. The lowest BCUT2D eigenvalue weighted by molar-refractivity contribution is -0.219. The van der Waals surface area contributed by atoms with E-state index in [1.54, 1.807) is 0 Å². The molecule has 0 spiro atoms. The van der Waals surface area contributed by atoms with Gasteiger partial charge in [-0.2, -0.15) is 0 Å². The normalized spacial score (nSPS) is 19.5. The average molecular weight is 784 g/mol. The Labute approximate surface area is 356 Å². The SMILES string of the molecule is c1ccc(-c2ccc(-c3nc(-c4ccccc4)nc(-c4ccc(-c5cccc(-c6nc(-c7ccccc7)cc(-c7cccc(C89CC%10CC(C8)C%109)c7)n6)c5)cc4)n3)cc2)cc1. The maximum Gasteiger partial charge on any atom is 0.164 e. The molecule has 0 radical (unpaired) electrons. The second kappa shape index (κ2) is 14.4. The zero-order chi connectivity index (χ0) is 40.3. The quantitative estimate of drug-likeness (QED) is 0.146. The van der Waals surface area contributed by atoms with Crippen LogP contribution in [0.2, 0.25) is 0 Å². The number of hydrogen-bond donors (Lipinski definition) is 0. The first-order valence-electron chi connectivity index (χ1n) is 21.4. The maximum absolute atomic E-state index is 5.27. The molecule has 0 saturated heterocycles. The summed E-state index contributed by atoms with van der Waals surface area (Å²) in [7, 11) is 0. The minimum Gasteiger partial charge on any atom is -0.228 e. The summed E-state index contributed by atoms with van der Waals surface area (Å²) in [6.45, 7) is 0. The molecule has 2 unspecified atom stereocenters. The average Bonchev–Trinajstić information content (AvgIpc) is 3.34. The fourth-order valence-electron chi connectivity index (χ4n) is 10.5. The highest BCUT2D eigenvalue weighted by Gasteiger charge is 2.71. The summed E-state index contributed by atoms with van der Waals surface area (Å²) in [6.07, 6.45) is 4.15. The van der Waals surface area contributed by atoms with Crippen molar-refractivity contribution in [3.63, 3.8) is 0 Å². The first-order valence-corrected chi connectivity index (χ1v) is 21.4. The molecule has 0 amide bonds. The Morgan fingerprint density at radius 2 is 0.721 bits per heavy atom. The van der Waals surface area contributed by atoms with Crippen LogP contribution in [0.4, 0.5) is 0 Å². The lowest BCUT2D eigenvalue weighted by atomic mass is 9.28. The summed E-state index contributed by atoms with van der Waals surface area (Å²) in [5.41, 5.74) is 14.3. The fraction of sp³-hybridized carbons (Fsp3) is 0.125. The van der Waals surface area contributed by atoms with E-state index in [1.807, 2.05) is 36.4 Å². The van der Waals surface area contributed by atoms with Gasteiger partial charge in [-0.15, -0.1) is 0 Å². The highest BCUT2D eigenvalue weighted by Crippen LogP contribution is 2.77. The molecule has 3 aliphatic carbocycles. The van der Waals surface area contributed by atoms with Gasteiger partial charge >= 0.3 is 0 Å². The molecule has 2 atom stereocenters. The van der Waals surface area contributed by atoms with Crippen molar-refractivity contribution >= 4 is 0 Å². The summed E-state index contributed by atoms with van der Waals surface area (Å²) >= 11 is 0. The van der Waals surface area contributed by atoms with E-state index < -0.39 is 0 Å². The Bertz CT molecular complexity index is 3040. The van der Waals surface area contributed by atoms with Gasteiger partial charge in [0.1, 0.15) is 0 Å². The van der Waals surface area contributed by atoms with Gasteiger partial charge in [0.25, 0.3) is 0 Å². The number of hydrogen-bond acceptors (Lipinski definition) is 5. The Balaban J connectivity index is 0.877. The van der Waals surface area contributed by atoms with Gasteiger partial charge in [0.2, 0.25) is 0 Å². The van der Waals surface area contributed by atoms with E-state index in [2.05, 4.69) is 158 Å². The van der Waals surface area contributed by atoms with Crippen molar-refractivity contribution in [2.75, 3.05) is 0 Å². The van der Waals surface area contributed by atoms with Crippen molar-refractivity contribution in [3.8, 4) is 90.3 Å². The van der Waals surface area contributed by atoms with Crippen molar-refractivity contribution in [1.29, 1.82) is 0 Å². The van der Waals surface area contributed by atoms with E-state index in [1.165, 1.54) is 30.4 Å². The summed E-state index contributed by atoms with van der Waals surface area (Å²) in [4.78, 5) is 25.4. The molecule has 5 heteroatoms. The summed E-state index contributed by atoms with van der Waals surface area (Å²) < 4.78 is 0. The molecule has 3 aliphatic rings. The molecular weight excluding hydrogens is 743 g/mol. The molecule has 290 valence electrons. The highest BCUT2D eigenvalue weighted by atomic mass is 15.0. The Morgan fingerprint density at radius 3 is 1.30 bits per heavy atom. The molecule has 7 aromatic carbocycles. The van der Waals surface area contributed by atoms with E-state index in [0.717, 1.165) is 79.2 Å². The first kappa shape index (κ1) is 35.6. The predicted octanol–water partition coefficient (Wildman–Crippen LogP) is 13.3. The molecule has 0 N–H and O–H groups in total. The van der Waals surface area contributed by atoms with E-state index in [-0.39, 0.29) is 0 Å². The smallest absolute Gasteiger partial charge is 0.164 e. The lowest BCUT2D eigenvalue weighted by Crippen LogP contribution is -2.71. The molecule has 0 aliphatic heterocycles. The van der Waals surface area contributed by atoms with Gasteiger partial charge in [-0.05, 0) is 88.4 Å². The van der Waals surface area contributed by atoms with Crippen molar-refractivity contribution in [2.45, 2.75) is 24.7 Å². The van der Waals surface area contributed by atoms with Crippen molar-refractivity contribution in [3.05, 3.63) is 200 Å². The van der Waals surface area contributed by atoms with Crippen molar-refractivity contribution in [1.82, 2.24) is 24.9 Å². The van der Waals surface area contributed by atoms with Crippen molar-refractivity contribution < 1.29 is 0 Å². The minimum atomic E-state index is 0.399. The van der Waals surface area contributed by atoms with Crippen LogP contribution in [-0.2, 0) is 5.41 Å². The van der Waals surface area contributed by atoms with Gasteiger partial charge in [0.15, 0.2) is 23.3 Å². The summed E-state index contributed by atoms with van der Waals surface area (Å²) in [5, 5.41) is 0. The topological polar surface area (TPSA) is 64.5 Å². The number of benzene rings is 7. The highest BCUT2D eigenvalue weighted by molar-refractivity contribution is 5.77. The third-order valence-electron chi connectivity index (χ3n) is 13.6. The summed E-state index contributed by atoms with van der Waals surface area (Å²) in [5.74, 6) is 5.44. The van der Waals surface area contributed by atoms with E-state index in [0.29, 0.717) is 28.7 Å². The molecule has 3 fully saturated rings. The van der Waals surface area contributed by atoms with Gasteiger partial charge in [-0.3, -0.25) is 0 Å². The molecule has 0 bridgehead atoms. The number of aromatic nitrogens is 5. The van der Waals surface area contributed by atoms with Gasteiger partial charge < -0.3 is 0 Å². The number of nitrogens with zero attached hydrogens (tertiary/aromatic N) is 5. The molecule has 2 aromatic heterocycles. The van der Waals surface area contributed by atoms with E-state index in [9.17, 15) is 0 Å². The lowest BCUT2D eigenvalue weighted by Gasteiger charge is -2.76. The standard InChI is InChI=1S/C56H41N5/c1-4-12-36(13-5-1)37-22-26-41(27-23-37)53-59-52(40-16-8-3-9-17-40)60-54(61-53)42-28-24-38(25-29-42)43-18-10-20-45(30-43)55-57-49(39-14-6-2-7-15-39)33-50(58-55)44-19-11-21-48(32-44)56-34-46-31-47(35-56)51(46)56/h1-30,32-33,46-47,51H,31,34-35H2. The van der Waals surface area contributed by atoms with E-state index in [4.69, 9.17) is 24.9 Å². The largest absolute Gasteiger partial charge is 0.228 e. The molecule has 3 saturated carbocycles. The van der Waals surface area contributed by atoms with Crippen LogP contribution in [0, 0.1) is 17.8 Å². The van der Waals surface area contributed by atoms with Crippen LogP contribution in [-0.4, -0.2) is 24.9 Å². The first-order chi connectivity index (χ1) is 30.1. The van der Waals surface area contributed by atoms with Gasteiger partial charge in [0.05, 0.1) is 11.4 Å². The molecule has 9 aromatic rings. The van der Waals surface area contributed by atoms with Crippen LogP contribution >= 0.6 is 0 Å².